The molecule has 4 heteroatoms. The van der Waals surface area contributed by atoms with Gasteiger partial charge in [-0.15, -0.1) is 0 Å². The minimum atomic E-state index is -3.02. The lowest BCUT2D eigenvalue weighted by Gasteiger charge is -2.42. The first kappa shape index (κ1) is 11.2. The van der Waals surface area contributed by atoms with Crippen molar-refractivity contribution < 1.29 is 8.42 Å². The molecule has 0 amide bonds. The van der Waals surface area contributed by atoms with Crippen molar-refractivity contribution in [1.82, 2.24) is 0 Å². The second kappa shape index (κ2) is 3.56. The second-order valence-electron chi connectivity index (χ2n) is 5.19. The molecule has 17 heavy (non-hydrogen) atoms. The van der Waals surface area contributed by atoms with Crippen LogP contribution in [0, 0.1) is 0 Å². The van der Waals surface area contributed by atoms with Gasteiger partial charge in [0.05, 0.1) is 10.6 Å². The van der Waals surface area contributed by atoms with Crippen LogP contribution in [0.3, 0.4) is 0 Å². The van der Waals surface area contributed by atoms with Crippen molar-refractivity contribution >= 4 is 9.84 Å². The number of sulfone groups is 1. The highest BCUT2D eigenvalue weighted by molar-refractivity contribution is 7.91. The maximum Gasteiger partial charge on any atom is 0.178 e. The molecular weight excluding hydrogens is 234 g/mol. The molecule has 1 saturated carbocycles. The summed E-state index contributed by atoms with van der Waals surface area (Å²) in [5.41, 5.74) is 8.21. The third-order valence-electron chi connectivity index (χ3n) is 4.36. The zero-order chi connectivity index (χ0) is 12.1. The Morgan fingerprint density at radius 2 is 2.06 bits per heavy atom. The molecular formula is C13H17NO2S. The van der Waals surface area contributed by atoms with Crippen molar-refractivity contribution in [2.24, 2.45) is 5.73 Å². The quantitative estimate of drug-likeness (QED) is 0.864. The number of nitrogens with two attached hydrogens (primary N) is 1. The smallest absolute Gasteiger partial charge is 0.178 e. The standard InChI is InChI=1S/C13H17NO2S/c14-9-13(6-2-7-13)11-3-1-4-12-10(11)5-8-17(12,15)16/h1,3-4H,2,5-9,14H2. The molecule has 2 aliphatic rings. The largest absolute Gasteiger partial charge is 0.330 e. The predicted molar refractivity (Wildman–Crippen MR) is 66.8 cm³/mol. The van der Waals surface area contributed by atoms with Gasteiger partial charge in [0, 0.05) is 12.0 Å². The molecule has 0 radical (unpaired) electrons. The van der Waals surface area contributed by atoms with E-state index in [1.807, 2.05) is 6.07 Å². The van der Waals surface area contributed by atoms with Crippen LogP contribution in [0.25, 0.3) is 0 Å². The summed E-state index contributed by atoms with van der Waals surface area (Å²) >= 11 is 0. The average molecular weight is 251 g/mol. The summed E-state index contributed by atoms with van der Waals surface area (Å²) in [6.07, 6.45) is 4.06. The van der Waals surface area contributed by atoms with E-state index in [1.54, 1.807) is 6.07 Å². The van der Waals surface area contributed by atoms with Gasteiger partial charge in [-0.2, -0.15) is 0 Å². The molecule has 0 bridgehead atoms. The summed E-state index contributed by atoms with van der Waals surface area (Å²) in [7, 11) is -3.02. The molecule has 1 aromatic rings. The minimum Gasteiger partial charge on any atom is -0.330 e. The molecule has 3 rings (SSSR count). The summed E-state index contributed by atoms with van der Waals surface area (Å²) in [6, 6.07) is 5.68. The molecule has 92 valence electrons. The fraction of sp³-hybridized carbons (Fsp3) is 0.538. The van der Waals surface area contributed by atoms with Crippen LogP contribution in [-0.2, 0) is 21.7 Å². The van der Waals surface area contributed by atoms with Crippen LogP contribution >= 0.6 is 0 Å². The van der Waals surface area contributed by atoms with Gasteiger partial charge in [0.25, 0.3) is 0 Å². The van der Waals surface area contributed by atoms with Crippen LogP contribution in [0.5, 0.6) is 0 Å². The first-order valence-corrected chi connectivity index (χ1v) is 7.79. The molecule has 1 aromatic carbocycles. The van der Waals surface area contributed by atoms with Crippen LogP contribution in [0.4, 0.5) is 0 Å². The average Bonchev–Trinajstić information content (AvgIpc) is 2.56. The Morgan fingerprint density at radius 1 is 1.29 bits per heavy atom. The lowest BCUT2D eigenvalue weighted by Crippen LogP contribution is -2.42. The van der Waals surface area contributed by atoms with Gasteiger partial charge >= 0.3 is 0 Å². The Morgan fingerprint density at radius 3 is 2.65 bits per heavy atom. The van der Waals surface area contributed by atoms with E-state index >= 15 is 0 Å². The first-order chi connectivity index (χ1) is 8.09. The van der Waals surface area contributed by atoms with Gasteiger partial charge in [0.15, 0.2) is 9.84 Å². The van der Waals surface area contributed by atoms with Crippen molar-refractivity contribution in [3.05, 3.63) is 29.3 Å². The maximum absolute atomic E-state index is 11.9. The topological polar surface area (TPSA) is 60.2 Å². The zero-order valence-electron chi connectivity index (χ0n) is 9.78. The number of hydrogen-bond acceptors (Lipinski definition) is 3. The van der Waals surface area contributed by atoms with E-state index in [9.17, 15) is 8.42 Å². The van der Waals surface area contributed by atoms with Crippen LogP contribution in [0.2, 0.25) is 0 Å². The summed E-state index contributed by atoms with van der Waals surface area (Å²) < 4.78 is 23.8. The molecule has 1 aliphatic carbocycles. The molecule has 1 aliphatic heterocycles. The molecule has 0 unspecified atom stereocenters. The molecule has 1 fully saturated rings. The van der Waals surface area contributed by atoms with Gasteiger partial charge in [0.2, 0.25) is 0 Å². The summed E-state index contributed by atoms with van der Waals surface area (Å²) in [6.45, 7) is 0.628. The molecule has 0 saturated heterocycles. The number of benzene rings is 1. The molecule has 3 nitrogen and oxygen atoms in total. The Balaban J connectivity index is 2.18. The Bertz CT molecular complexity index is 553. The SMILES string of the molecule is NCC1(c2cccc3c2CCS3(=O)=O)CCC1. The monoisotopic (exact) mass is 251 g/mol. The summed E-state index contributed by atoms with van der Waals surface area (Å²) in [5, 5.41) is 0. The van der Waals surface area contributed by atoms with E-state index in [0.717, 1.165) is 18.4 Å². The Hall–Kier alpha value is -0.870. The summed E-state index contributed by atoms with van der Waals surface area (Å²) in [4.78, 5) is 0.551. The second-order valence-corrected chi connectivity index (χ2v) is 7.27. The molecule has 0 aromatic heterocycles. The highest BCUT2D eigenvalue weighted by Crippen LogP contribution is 2.46. The van der Waals surface area contributed by atoms with Crippen molar-refractivity contribution in [3.63, 3.8) is 0 Å². The third-order valence-corrected chi connectivity index (χ3v) is 6.16. The first-order valence-electron chi connectivity index (χ1n) is 6.14. The van der Waals surface area contributed by atoms with Gasteiger partial charge in [0.1, 0.15) is 0 Å². The molecule has 0 atom stereocenters. The highest BCUT2D eigenvalue weighted by Gasteiger charge is 2.41. The third kappa shape index (κ3) is 1.47. The van der Waals surface area contributed by atoms with Gasteiger partial charge in [-0.1, -0.05) is 18.6 Å². The summed E-state index contributed by atoms with van der Waals surface area (Å²) in [5.74, 6) is 0.264. The van der Waals surface area contributed by atoms with E-state index < -0.39 is 9.84 Å². The van der Waals surface area contributed by atoms with Crippen LogP contribution in [-0.4, -0.2) is 20.7 Å². The number of rotatable bonds is 2. The number of fused-ring (bicyclic) bond motifs is 1. The van der Waals surface area contributed by atoms with Gasteiger partial charge in [-0.05, 0) is 36.5 Å². The van der Waals surface area contributed by atoms with Crippen LogP contribution in [0.15, 0.2) is 23.1 Å². The predicted octanol–water partition coefficient (Wildman–Crippen LogP) is 1.40. The Kier molecular flexibility index (Phi) is 2.35. The van der Waals surface area contributed by atoms with Crippen molar-refractivity contribution in [1.29, 1.82) is 0 Å². The van der Waals surface area contributed by atoms with Crippen molar-refractivity contribution in [2.75, 3.05) is 12.3 Å². The normalized spacial score (nSPS) is 24.1. The maximum atomic E-state index is 11.9. The minimum absolute atomic E-state index is 0.0607. The fourth-order valence-electron chi connectivity index (χ4n) is 3.15. The molecule has 0 spiro atoms. The van der Waals surface area contributed by atoms with Gasteiger partial charge in [-0.3, -0.25) is 0 Å². The van der Waals surface area contributed by atoms with E-state index in [4.69, 9.17) is 5.73 Å². The van der Waals surface area contributed by atoms with E-state index in [0.29, 0.717) is 17.9 Å². The van der Waals surface area contributed by atoms with E-state index in [1.165, 1.54) is 12.0 Å². The van der Waals surface area contributed by atoms with Gasteiger partial charge < -0.3 is 5.73 Å². The lowest BCUT2D eigenvalue weighted by molar-refractivity contribution is 0.251. The van der Waals surface area contributed by atoms with Crippen molar-refractivity contribution in [2.45, 2.75) is 36.0 Å². The molecule has 1 heterocycles. The molecule has 2 N–H and O–H groups in total. The van der Waals surface area contributed by atoms with E-state index in [-0.39, 0.29) is 11.2 Å². The Labute approximate surface area is 102 Å². The highest BCUT2D eigenvalue weighted by atomic mass is 32.2. The zero-order valence-corrected chi connectivity index (χ0v) is 10.6. The fourth-order valence-corrected chi connectivity index (χ4v) is 4.71. The van der Waals surface area contributed by atoms with Crippen LogP contribution < -0.4 is 5.73 Å². The van der Waals surface area contributed by atoms with E-state index in [2.05, 4.69) is 6.07 Å². The number of hydrogen-bond donors (Lipinski definition) is 1. The lowest BCUT2D eigenvalue weighted by atomic mass is 9.63. The van der Waals surface area contributed by atoms with Gasteiger partial charge in [-0.25, -0.2) is 8.42 Å². The van der Waals surface area contributed by atoms with Crippen LogP contribution in [0.1, 0.15) is 30.4 Å². The van der Waals surface area contributed by atoms with Crippen molar-refractivity contribution in [3.8, 4) is 0 Å².